The largest absolute Gasteiger partial charge is 0.495 e. The van der Waals surface area contributed by atoms with Gasteiger partial charge in [-0.05, 0) is 124 Å². The van der Waals surface area contributed by atoms with Crippen LogP contribution >= 0.6 is 34.8 Å². The number of benzene rings is 2. The highest BCUT2D eigenvalue weighted by molar-refractivity contribution is 6.32. The molecule has 4 fully saturated rings. The number of nitrogens with zero attached hydrogens (tertiary/aromatic N) is 7. The highest BCUT2D eigenvalue weighted by Crippen LogP contribution is 2.33. The fourth-order valence-electron chi connectivity index (χ4n) is 9.72. The summed E-state index contributed by atoms with van der Waals surface area (Å²) >= 11 is 18.5. The molecule has 8 rings (SSSR count). The molecular formula is C49H74Cl3N13O2. The fourth-order valence-corrected chi connectivity index (χ4v) is 10.4. The number of methoxy groups -OCH3 is 2. The third kappa shape index (κ3) is 16.8. The number of nitrogens with two attached hydrogens (primary N) is 1. The number of aromatic nitrogens is 6. The van der Waals surface area contributed by atoms with E-state index < -0.39 is 0 Å². The summed E-state index contributed by atoms with van der Waals surface area (Å²) in [6, 6.07) is 12.2. The van der Waals surface area contributed by atoms with E-state index in [1.54, 1.807) is 26.4 Å². The summed E-state index contributed by atoms with van der Waals surface area (Å²) in [5.74, 6) is 5.61. The molecule has 0 amide bonds. The Morgan fingerprint density at radius 2 is 1.07 bits per heavy atom. The van der Waals surface area contributed by atoms with Crippen molar-refractivity contribution in [2.24, 2.45) is 17.6 Å². The molecule has 0 radical (unpaired) electrons. The van der Waals surface area contributed by atoms with Crippen molar-refractivity contribution in [2.75, 3.05) is 67.0 Å². The minimum Gasteiger partial charge on any atom is -0.495 e. The molecule has 4 aromatic rings. The Morgan fingerprint density at radius 1 is 0.582 bits per heavy atom. The van der Waals surface area contributed by atoms with E-state index in [-0.39, 0.29) is 5.28 Å². The van der Waals surface area contributed by atoms with E-state index in [4.69, 9.17) is 55.0 Å². The average molecular weight is 984 g/mol. The van der Waals surface area contributed by atoms with Crippen LogP contribution in [-0.2, 0) is 0 Å². The molecule has 368 valence electrons. The number of hydrogen-bond acceptors (Lipinski definition) is 15. The highest BCUT2D eigenvalue weighted by Gasteiger charge is 2.25. The molecule has 18 heteroatoms. The third-order valence-electron chi connectivity index (χ3n) is 13.5. The second-order valence-corrected chi connectivity index (χ2v) is 19.2. The zero-order valence-corrected chi connectivity index (χ0v) is 42.3. The van der Waals surface area contributed by atoms with E-state index >= 15 is 0 Å². The second-order valence-electron chi connectivity index (χ2n) is 18.1. The highest BCUT2D eigenvalue weighted by atomic mass is 35.5. The van der Waals surface area contributed by atoms with Crippen LogP contribution in [-0.4, -0.2) is 93.3 Å². The van der Waals surface area contributed by atoms with E-state index in [0.29, 0.717) is 69.4 Å². The van der Waals surface area contributed by atoms with Crippen LogP contribution in [0.1, 0.15) is 129 Å². The molecule has 0 bridgehead atoms. The van der Waals surface area contributed by atoms with Crippen LogP contribution in [0.2, 0.25) is 15.3 Å². The molecular weight excluding hydrogens is 909 g/mol. The van der Waals surface area contributed by atoms with E-state index in [1.807, 2.05) is 24.3 Å². The van der Waals surface area contributed by atoms with Gasteiger partial charge in [-0.3, -0.25) is 4.90 Å². The van der Waals surface area contributed by atoms with Gasteiger partial charge in [-0.2, -0.15) is 29.9 Å². The Hall–Kier alpha value is -4.15. The van der Waals surface area contributed by atoms with Crippen molar-refractivity contribution in [3.63, 3.8) is 0 Å². The van der Waals surface area contributed by atoms with Crippen molar-refractivity contribution in [1.29, 1.82) is 0 Å². The van der Waals surface area contributed by atoms with Gasteiger partial charge < -0.3 is 41.8 Å². The first-order valence-electron chi connectivity index (χ1n) is 24.8. The van der Waals surface area contributed by atoms with Gasteiger partial charge in [0.2, 0.25) is 35.0 Å². The number of likely N-dealkylation sites (tertiary alicyclic amines) is 1. The van der Waals surface area contributed by atoms with Crippen molar-refractivity contribution in [3.8, 4) is 11.5 Å². The number of rotatable bonds is 16. The smallest absolute Gasteiger partial charge is 0.233 e. The predicted octanol–water partition coefficient (Wildman–Crippen LogP) is 12.1. The Bertz CT molecular complexity index is 2080. The molecule has 3 atom stereocenters. The van der Waals surface area contributed by atoms with Gasteiger partial charge in [-0.1, -0.05) is 108 Å². The van der Waals surface area contributed by atoms with Crippen molar-refractivity contribution in [1.82, 2.24) is 34.8 Å². The van der Waals surface area contributed by atoms with Gasteiger partial charge in [0.15, 0.2) is 0 Å². The molecule has 1 saturated heterocycles. The van der Waals surface area contributed by atoms with Crippen LogP contribution in [0.15, 0.2) is 36.4 Å². The van der Waals surface area contributed by atoms with Gasteiger partial charge in [-0.25, -0.2) is 0 Å². The fraction of sp³-hybridized carbons (Fsp3) is 0.633. The van der Waals surface area contributed by atoms with Crippen molar-refractivity contribution < 1.29 is 9.47 Å². The monoisotopic (exact) mass is 982 g/mol. The van der Waals surface area contributed by atoms with Gasteiger partial charge in [-0.15, -0.1) is 0 Å². The maximum Gasteiger partial charge on any atom is 0.233 e. The second kappa shape index (κ2) is 27.7. The van der Waals surface area contributed by atoms with E-state index in [2.05, 4.69) is 70.3 Å². The molecule has 3 heterocycles. The lowest BCUT2D eigenvalue weighted by Gasteiger charge is -2.23. The summed E-state index contributed by atoms with van der Waals surface area (Å²) in [6.07, 6.45) is 22.7. The van der Waals surface area contributed by atoms with Crippen LogP contribution < -0.4 is 41.8 Å². The molecule has 4 aliphatic rings. The lowest BCUT2D eigenvalue weighted by Crippen LogP contribution is -2.35. The van der Waals surface area contributed by atoms with Crippen LogP contribution in [0.4, 0.5) is 41.1 Å². The molecule has 67 heavy (non-hydrogen) atoms. The minimum atomic E-state index is 0.147. The first-order valence-corrected chi connectivity index (χ1v) is 25.9. The zero-order valence-electron chi connectivity index (χ0n) is 40.1. The van der Waals surface area contributed by atoms with Crippen LogP contribution in [0.5, 0.6) is 11.5 Å². The van der Waals surface area contributed by atoms with Gasteiger partial charge >= 0.3 is 0 Å². The molecule has 3 aliphatic carbocycles. The first kappa shape index (κ1) is 52.2. The Labute approximate surface area is 413 Å². The maximum absolute atomic E-state index is 6.30. The summed E-state index contributed by atoms with van der Waals surface area (Å²) in [4.78, 5) is 29.3. The van der Waals surface area contributed by atoms with Crippen molar-refractivity contribution >= 4 is 75.9 Å². The Kier molecular flexibility index (Phi) is 21.6. The molecule has 0 spiro atoms. The molecule has 15 nitrogen and oxygen atoms in total. The molecule has 7 N–H and O–H groups in total. The third-order valence-corrected chi connectivity index (χ3v) is 14.2. The van der Waals surface area contributed by atoms with Crippen LogP contribution in [0, 0.1) is 11.8 Å². The van der Waals surface area contributed by atoms with Gasteiger partial charge in [0.05, 0.1) is 24.3 Å². The first-order chi connectivity index (χ1) is 32.7. The van der Waals surface area contributed by atoms with E-state index in [0.717, 1.165) is 68.5 Å². The maximum atomic E-state index is 6.30. The molecule has 3 unspecified atom stereocenters. The number of hydrogen-bond donors (Lipinski definition) is 6. The topological polar surface area (TPSA) is 185 Å². The van der Waals surface area contributed by atoms with Crippen molar-refractivity contribution in [2.45, 2.75) is 148 Å². The standard InChI is InChI=1S/C24H36ClN7O.C17H21Cl2N5O.C8H17N/c1-3-32-14-8-11-19(32)16-26-22-29-23(27-17-9-6-4-5-7-10-17)31-24(30-22)28-18-12-13-21(33-2)20(25)15-18;1-25-14-9-8-12(10-13(14)18)21-17-23-15(19)22-16(24-17)20-11-6-4-2-3-5-7-11;1-2-7-4-3-5-8(7)6-9/h12-13,15,17,19H,3-11,14,16H2,1-2H3,(H3,26,27,28,29,30,31);8-11H,2-7H2,1H3,(H2,20,21,22,23,24);7-8H,2-6,9H2,1H3. The van der Waals surface area contributed by atoms with Crippen LogP contribution in [0.25, 0.3) is 0 Å². The van der Waals surface area contributed by atoms with Gasteiger partial charge in [0.25, 0.3) is 0 Å². The minimum absolute atomic E-state index is 0.147. The van der Waals surface area contributed by atoms with Crippen LogP contribution in [0.3, 0.4) is 0 Å². The van der Waals surface area contributed by atoms with Gasteiger partial charge in [0.1, 0.15) is 11.5 Å². The summed E-state index contributed by atoms with van der Waals surface area (Å²) in [6.45, 7) is 8.48. The molecule has 1 aliphatic heterocycles. The quantitative estimate of drug-likeness (QED) is 0.0582. The summed E-state index contributed by atoms with van der Waals surface area (Å²) < 4.78 is 10.4. The number of nitrogens with one attached hydrogen (secondary N) is 5. The lowest BCUT2D eigenvalue weighted by atomic mass is 9.94. The summed E-state index contributed by atoms with van der Waals surface area (Å²) in [7, 11) is 3.18. The Balaban J connectivity index is 0.000000191. The number of halogens is 3. The van der Waals surface area contributed by atoms with E-state index in [9.17, 15) is 0 Å². The molecule has 3 saturated carbocycles. The zero-order chi connectivity index (χ0) is 47.4. The summed E-state index contributed by atoms with van der Waals surface area (Å²) in [5.41, 5.74) is 7.14. The van der Waals surface area contributed by atoms with E-state index in [1.165, 1.54) is 96.4 Å². The number of likely N-dealkylation sites (N-methyl/N-ethyl adjacent to an activating group) is 1. The number of ether oxygens (including phenoxy) is 2. The van der Waals surface area contributed by atoms with Gasteiger partial charge in [0, 0.05) is 36.0 Å². The number of anilines is 7. The average Bonchev–Trinajstić information content (AvgIpc) is 3.82. The Morgan fingerprint density at radius 3 is 1.57 bits per heavy atom. The summed E-state index contributed by atoms with van der Waals surface area (Å²) in [5, 5.41) is 18.0. The SMILES string of the molecule is CCC1CCCC1CN.CCN1CCCC1CNc1nc(Nc2ccc(OC)c(Cl)c2)nc(NC2CCCCCC2)n1.COc1ccc(Nc2nc(Cl)nc(NC3CCCCCC3)n2)cc1Cl. The normalized spacial score (nSPS) is 20.3. The predicted molar refractivity (Wildman–Crippen MR) is 276 cm³/mol. The lowest BCUT2D eigenvalue weighted by molar-refractivity contribution is 0.277. The molecule has 2 aromatic heterocycles. The van der Waals surface area contributed by atoms with Crippen molar-refractivity contribution in [3.05, 3.63) is 51.7 Å². The molecule has 2 aromatic carbocycles.